The number of benzene rings is 2. The summed E-state index contributed by atoms with van der Waals surface area (Å²) in [5.41, 5.74) is 2.65. The van der Waals surface area contributed by atoms with E-state index in [9.17, 15) is 19.5 Å². The molecule has 1 aliphatic rings. The van der Waals surface area contributed by atoms with Crippen LogP contribution in [-0.4, -0.2) is 28.8 Å². The van der Waals surface area contributed by atoms with E-state index in [1.165, 1.54) is 0 Å². The van der Waals surface area contributed by atoms with Gasteiger partial charge in [-0.2, -0.15) is 0 Å². The van der Waals surface area contributed by atoms with E-state index in [-0.39, 0.29) is 11.7 Å². The fourth-order valence-corrected chi connectivity index (χ4v) is 3.17. The van der Waals surface area contributed by atoms with Crippen molar-refractivity contribution in [2.24, 2.45) is 5.92 Å². The fraction of sp³-hybridized carbons (Fsp3) is 0.250. The highest BCUT2D eigenvalue weighted by Gasteiger charge is 2.32. The van der Waals surface area contributed by atoms with Crippen molar-refractivity contribution in [3.05, 3.63) is 59.2 Å². The maximum absolute atomic E-state index is 12.8. The standard InChI is InChI=1S/C20H19NO4/c1-3-11(2)17(20(24)25)21-19(23)15-10-6-9-14-16(15)12-7-4-5-8-13(12)18(14)22/h4-11,17H,3H2,1-2H3,(H,21,23)(H,24,25)/t11-,17-/m0/s1. The minimum atomic E-state index is -1.06. The number of carbonyl (C=O) groups is 3. The van der Waals surface area contributed by atoms with E-state index in [1.54, 1.807) is 43.3 Å². The Labute approximate surface area is 145 Å². The summed E-state index contributed by atoms with van der Waals surface area (Å²) in [6.07, 6.45) is 0.630. The van der Waals surface area contributed by atoms with Crippen LogP contribution in [0, 0.1) is 5.92 Å². The topological polar surface area (TPSA) is 83.5 Å². The average Bonchev–Trinajstić information content (AvgIpc) is 2.92. The monoisotopic (exact) mass is 337 g/mol. The number of rotatable bonds is 5. The van der Waals surface area contributed by atoms with Crippen molar-refractivity contribution in [2.75, 3.05) is 0 Å². The van der Waals surface area contributed by atoms with Crippen LogP contribution in [-0.2, 0) is 4.79 Å². The van der Waals surface area contributed by atoms with E-state index in [0.29, 0.717) is 34.2 Å². The quantitative estimate of drug-likeness (QED) is 0.749. The highest BCUT2D eigenvalue weighted by Crippen LogP contribution is 2.38. The Morgan fingerprint density at radius 2 is 1.68 bits per heavy atom. The molecule has 3 rings (SSSR count). The second kappa shape index (κ2) is 6.51. The summed E-state index contributed by atoms with van der Waals surface area (Å²) in [5.74, 6) is -1.86. The molecule has 0 saturated heterocycles. The number of aliphatic carboxylic acids is 1. The van der Waals surface area contributed by atoms with Crippen LogP contribution in [0.2, 0.25) is 0 Å². The fourth-order valence-electron chi connectivity index (χ4n) is 3.17. The lowest BCUT2D eigenvalue weighted by Gasteiger charge is -2.21. The van der Waals surface area contributed by atoms with Crippen LogP contribution >= 0.6 is 0 Å². The second-order valence-electron chi connectivity index (χ2n) is 6.28. The zero-order valence-electron chi connectivity index (χ0n) is 14.1. The van der Waals surface area contributed by atoms with Crippen molar-refractivity contribution in [1.82, 2.24) is 5.32 Å². The first kappa shape index (κ1) is 16.9. The third-order valence-corrected chi connectivity index (χ3v) is 4.76. The first-order chi connectivity index (χ1) is 12.0. The smallest absolute Gasteiger partial charge is 0.326 e. The lowest BCUT2D eigenvalue weighted by Crippen LogP contribution is -2.45. The number of ketones is 1. The van der Waals surface area contributed by atoms with Gasteiger partial charge in [0, 0.05) is 22.3 Å². The van der Waals surface area contributed by atoms with Crippen molar-refractivity contribution in [1.29, 1.82) is 0 Å². The molecule has 0 unspecified atom stereocenters. The molecule has 25 heavy (non-hydrogen) atoms. The SMILES string of the molecule is CC[C@H](C)[C@H](NC(=O)c1cccc2c1-c1ccccc1C2=O)C(=O)O. The minimum absolute atomic E-state index is 0.114. The molecule has 0 aromatic heterocycles. The molecule has 0 bridgehead atoms. The largest absolute Gasteiger partial charge is 0.480 e. The van der Waals surface area contributed by atoms with Crippen molar-refractivity contribution >= 4 is 17.7 Å². The van der Waals surface area contributed by atoms with Crippen molar-refractivity contribution < 1.29 is 19.5 Å². The number of carboxylic acid groups (broad SMARTS) is 1. The third kappa shape index (κ3) is 2.82. The van der Waals surface area contributed by atoms with Crippen LogP contribution in [0.5, 0.6) is 0 Å². The van der Waals surface area contributed by atoms with Crippen LogP contribution in [0.1, 0.15) is 46.5 Å². The number of carboxylic acids is 1. The Morgan fingerprint density at radius 1 is 1.04 bits per heavy atom. The molecule has 2 N–H and O–H groups in total. The van der Waals surface area contributed by atoms with Gasteiger partial charge in [0.15, 0.2) is 5.78 Å². The summed E-state index contributed by atoms with van der Waals surface area (Å²) in [6, 6.07) is 11.1. The van der Waals surface area contributed by atoms with E-state index in [0.717, 1.165) is 0 Å². The molecule has 2 aromatic rings. The van der Waals surface area contributed by atoms with Crippen LogP contribution in [0.4, 0.5) is 0 Å². The van der Waals surface area contributed by atoms with Crippen molar-refractivity contribution in [3.8, 4) is 11.1 Å². The molecule has 128 valence electrons. The zero-order valence-corrected chi connectivity index (χ0v) is 14.1. The Hall–Kier alpha value is -2.95. The van der Waals surface area contributed by atoms with Crippen molar-refractivity contribution in [2.45, 2.75) is 26.3 Å². The zero-order chi connectivity index (χ0) is 18.1. The molecule has 0 spiro atoms. The average molecular weight is 337 g/mol. The van der Waals surface area contributed by atoms with Crippen LogP contribution in [0.15, 0.2) is 42.5 Å². The van der Waals surface area contributed by atoms with E-state index in [1.807, 2.05) is 13.0 Å². The number of amides is 1. The van der Waals surface area contributed by atoms with Gasteiger partial charge in [0.2, 0.25) is 0 Å². The summed E-state index contributed by atoms with van der Waals surface area (Å²) >= 11 is 0. The van der Waals surface area contributed by atoms with Gasteiger partial charge in [-0.15, -0.1) is 0 Å². The van der Waals surface area contributed by atoms with Gasteiger partial charge in [-0.1, -0.05) is 56.7 Å². The molecule has 0 aliphatic heterocycles. The lowest BCUT2D eigenvalue weighted by molar-refractivity contribution is -0.140. The van der Waals surface area contributed by atoms with Crippen LogP contribution in [0.25, 0.3) is 11.1 Å². The number of hydrogen-bond donors (Lipinski definition) is 2. The van der Waals surface area contributed by atoms with Gasteiger partial charge in [0.05, 0.1) is 0 Å². The molecule has 5 heteroatoms. The normalized spacial score (nSPS) is 14.4. The molecule has 1 aliphatic carbocycles. The highest BCUT2D eigenvalue weighted by atomic mass is 16.4. The first-order valence-electron chi connectivity index (χ1n) is 8.26. The maximum Gasteiger partial charge on any atom is 0.326 e. The Bertz CT molecular complexity index is 872. The van der Waals surface area contributed by atoms with E-state index < -0.39 is 17.9 Å². The molecule has 0 fully saturated rings. The van der Waals surface area contributed by atoms with Crippen LogP contribution < -0.4 is 5.32 Å². The predicted octanol–water partition coefficient (Wildman–Crippen LogP) is 3.13. The third-order valence-electron chi connectivity index (χ3n) is 4.76. The molecular weight excluding hydrogens is 318 g/mol. The van der Waals surface area contributed by atoms with Gasteiger partial charge in [-0.25, -0.2) is 4.79 Å². The molecule has 1 amide bonds. The summed E-state index contributed by atoms with van der Waals surface area (Å²) in [4.78, 5) is 36.8. The second-order valence-corrected chi connectivity index (χ2v) is 6.28. The number of carbonyl (C=O) groups excluding carboxylic acids is 2. The van der Waals surface area contributed by atoms with Gasteiger partial charge < -0.3 is 10.4 Å². The van der Waals surface area contributed by atoms with Gasteiger partial charge in [-0.3, -0.25) is 9.59 Å². The summed E-state index contributed by atoms with van der Waals surface area (Å²) in [7, 11) is 0. The summed E-state index contributed by atoms with van der Waals surface area (Å²) in [5, 5.41) is 12.0. The van der Waals surface area contributed by atoms with Crippen molar-refractivity contribution in [3.63, 3.8) is 0 Å². The van der Waals surface area contributed by atoms with Gasteiger partial charge >= 0.3 is 5.97 Å². The molecule has 5 nitrogen and oxygen atoms in total. The predicted molar refractivity (Wildman–Crippen MR) is 93.7 cm³/mol. The summed E-state index contributed by atoms with van der Waals surface area (Å²) < 4.78 is 0. The summed E-state index contributed by atoms with van der Waals surface area (Å²) in [6.45, 7) is 3.66. The molecule has 0 heterocycles. The van der Waals surface area contributed by atoms with Gasteiger partial charge in [0.1, 0.15) is 6.04 Å². The Balaban J connectivity index is 2.03. The van der Waals surface area contributed by atoms with E-state index in [4.69, 9.17) is 0 Å². The number of hydrogen-bond acceptors (Lipinski definition) is 3. The van der Waals surface area contributed by atoms with E-state index in [2.05, 4.69) is 5.32 Å². The lowest BCUT2D eigenvalue weighted by atomic mass is 9.96. The maximum atomic E-state index is 12.8. The van der Waals surface area contributed by atoms with Gasteiger partial charge in [-0.05, 0) is 17.5 Å². The number of nitrogens with one attached hydrogen (secondary N) is 1. The molecule has 2 aromatic carbocycles. The highest BCUT2D eigenvalue weighted by molar-refractivity contribution is 6.24. The molecular formula is C20H19NO4. The minimum Gasteiger partial charge on any atom is -0.480 e. The van der Waals surface area contributed by atoms with Crippen LogP contribution in [0.3, 0.4) is 0 Å². The Morgan fingerprint density at radius 3 is 2.32 bits per heavy atom. The Kier molecular flexibility index (Phi) is 4.40. The first-order valence-corrected chi connectivity index (χ1v) is 8.26. The molecule has 0 radical (unpaired) electrons. The molecule has 0 saturated carbocycles. The van der Waals surface area contributed by atoms with Gasteiger partial charge in [0.25, 0.3) is 5.91 Å². The number of fused-ring (bicyclic) bond motifs is 3. The van der Waals surface area contributed by atoms with E-state index >= 15 is 0 Å². The molecule has 2 atom stereocenters.